The summed E-state index contributed by atoms with van der Waals surface area (Å²) in [5, 5.41) is 4.23. The van der Waals surface area contributed by atoms with E-state index in [1.807, 2.05) is 24.4 Å². The minimum absolute atomic E-state index is 0.148. The summed E-state index contributed by atoms with van der Waals surface area (Å²) in [6, 6.07) is 6.24. The van der Waals surface area contributed by atoms with Crippen LogP contribution in [0.25, 0.3) is 0 Å². The number of halogens is 2. The van der Waals surface area contributed by atoms with Gasteiger partial charge in [-0.15, -0.1) is 0 Å². The van der Waals surface area contributed by atoms with Gasteiger partial charge in [0.1, 0.15) is 5.82 Å². The van der Waals surface area contributed by atoms with Crippen LogP contribution in [0.1, 0.15) is 37.3 Å². The second-order valence-corrected chi connectivity index (χ2v) is 5.57. The van der Waals surface area contributed by atoms with Crippen LogP contribution in [0.15, 0.2) is 35.1 Å². The third-order valence-corrected chi connectivity index (χ3v) is 3.68. The van der Waals surface area contributed by atoms with Crippen molar-refractivity contribution in [1.82, 2.24) is 15.3 Å². The van der Waals surface area contributed by atoms with E-state index in [4.69, 9.17) is 11.6 Å². The molecule has 96 valence electrons. The molecule has 5 heteroatoms. The van der Waals surface area contributed by atoms with Crippen molar-refractivity contribution in [1.29, 1.82) is 0 Å². The van der Waals surface area contributed by atoms with Crippen molar-refractivity contribution in [2.45, 2.75) is 25.9 Å². The van der Waals surface area contributed by atoms with Crippen molar-refractivity contribution < 1.29 is 0 Å². The lowest BCUT2D eigenvalue weighted by Gasteiger charge is -2.20. The van der Waals surface area contributed by atoms with Crippen LogP contribution >= 0.6 is 27.5 Å². The van der Waals surface area contributed by atoms with E-state index in [2.05, 4.69) is 45.1 Å². The fraction of sp³-hybridized carbons (Fsp3) is 0.308. The molecule has 0 fully saturated rings. The van der Waals surface area contributed by atoms with E-state index >= 15 is 0 Å². The van der Waals surface area contributed by atoms with E-state index in [1.54, 1.807) is 6.20 Å². The highest BCUT2D eigenvalue weighted by atomic mass is 79.9. The molecule has 1 heterocycles. The average molecular weight is 329 g/mol. The molecule has 1 aromatic carbocycles. The van der Waals surface area contributed by atoms with Crippen LogP contribution in [0.4, 0.5) is 0 Å². The Morgan fingerprint density at radius 1 is 1.33 bits per heavy atom. The van der Waals surface area contributed by atoms with Crippen LogP contribution in [0.2, 0.25) is 5.02 Å². The first kappa shape index (κ1) is 13.6. The number of imidazole rings is 1. The maximum atomic E-state index is 6.24. The molecule has 2 unspecified atom stereocenters. The monoisotopic (exact) mass is 327 g/mol. The van der Waals surface area contributed by atoms with Gasteiger partial charge in [-0.3, -0.25) is 0 Å². The molecule has 0 radical (unpaired) electrons. The van der Waals surface area contributed by atoms with Gasteiger partial charge in [-0.2, -0.15) is 0 Å². The standard InChI is InChI=1S/C13H15BrClN3/c1-8(11-4-3-10(14)7-12(11)15)18-9(2)13-16-5-6-17-13/h3-9,18H,1-2H3,(H,16,17). The molecule has 0 aliphatic rings. The van der Waals surface area contributed by atoms with Crippen LogP contribution in [0.5, 0.6) is 0 Å². The van der Waals surface area contributed by atoms with Gasteiger partial charge in [0.2, 0.25) is 0 Å². The fourth-order valence-corrected chi connectivity index (χ4v) is 2.75. The van der Waals surface area contributed by atoms with Gasteiger partial charge in [0.05, 0.1) is 6.04 Å². The van der Waals surface area contributed by atoms with Crippen LogP contribution in [0.3, 0.4) is 0 Å². The number of hydrogen-bond acceptors (Lipinski definition) is 2. The third-order valence-electron chi connectivity index (χ3n) is 2.86. The lowest BCUT2D eigenvalue weighted by molar-refractivity contribution is 0.479. The highest BCUT2D eigenvalue weighted by Crippen LogP contribution is 2.27. The van der Waals surface area contributed by atoms with Crippen LogP contribution in [-0.2, 0) is 0 Å². The molecule has 0 aliphatic heterocycles. The summed E-state index contributed by atoms with van der Waals surface area (Å²) < 4.78 is 0.988. The highest BCUT2D eigenvalue weighted by Gasteiger charge is 2.14. The molecule has 0 bridgehead atoms. The van der Waals surface area contributed by atoms with Crippen molar-refractivity contribution in [3.05, 3.63) is 51.5 Å². The maximum Gasteiger partial charge on any atom is 0.122 e. The Bertz CT molecular complexity index is 513. The van der Waals surface area contributed by atoms with Gasteiger partial charge in [0, 0.05) is 27.9 Å². The smallest absolute Gasteiger partial charge is 0.122 e. The Morgan fingerprint density at radius 2 is 2.11 bits per heavy atom. The van der Waals surface area contributed by atoms with E-state index in [0.717, 1.165) is 20.9 Å². The highest BCUT2D eigenvalue weighted by molar-refractivity contribution is 9.10. The Labute approximate surface area is 120 Å². The van der Waals surface area contributed by atoms with E-state index in [0.29, 0.717) is 0 Å². The molecule has 18 heavy (non-hydrogen) atoms. The number of hydrogen-bond donors (Lipinski definition) is 2. The van der Waals surface area contributed by atoms with Crippen LogP contribution in [-0.4, -0.2) is 9.97 Å². The summed E-state index contributed by atoms with van der Waals surface area (Å²) >= 11 is 9.65. The van der Waals surface area contributed by atoms with E-state index < -0.39 is 0 Å². The Balaban J connectivity index is 2.10. The Hall–Kier alpha value is -0.840. The lowest BCUT2D eigenvalue weighted by Crippen LogP contribution is -2.23. The van der Waals surface area contributed by atoms with Crippen molar-refractivity contribution in [3.63, 3.8) is 0 Å². The molecule has 2 N–H and O–H groups in total. The summed E-state index contributed by atoms with van der Waals surface area (Å²) in [5.74, 6) is 0.926. The lowest BCUT2D eigenvalue weighted by atomic mass is 10.1. The van der Waals surface area contributed by atoms with Crippen molar-refractivity contribution in [2.24, 2.45) is 0 Å². The summed E-state index contributed by atoms with van der Waals surface area (Å²) in [7, 11) is 0. The first-order valence-corrected chi connectivity index (χ1v) is 6.95. The van der Waals surface area contributed by atoms with E-state index in [9.17, 15) is 0 Å². The summed E-state index contributed by atoms with van der Waals surface area (Å²) in [4.78, 5) is 7.34. The van der Waals surface area contributed by atoms with Crippen molar-refractivity contribution >= 4 is 27.5 Å². The van der Waals surface area contributed by atoms with Crippen molar-refractivity contribution in [2.75, 3.05) is 0 Å². The van der Waals surface area contributed by atoms with E-state index in [1.165, 1.54) is 0 Å². The van der Waals surface area contributed by atoms with Gasteiger partial charge in [0.15, 0.2) is 0 Å². The Morgan fingerprint density at radius 3 is 2.72 bits per heavy atom. The molecule has 0 spiro atoms. The predicted octanol–water partition coefficient (Wildman–Crippen LogP) is 4.24. The second kappa shape index (κ2) is 5.87. The first-order valence-electron chi connectivity index (χ1n) is 5.78. The number of aromatic nitrogens is 2. The number of nitrogens with one attached hydrogen (secondary N) is 2. The molecule has 0 saturated heterocycles. The summed E-state index contributed by atoms with van der Waals surface area (Å²) in [6.45, 7) is 4.16. The Kier molecular flexibility index (Phi) is 4.43. The summed E-state index contributed by atoms with van der Waals surface area (Å²) in [5.41, 5.74) is 1.08. The number of rotatable bonds is 4. The topological polar surface area (TPSA) is 40.7 Å². The van der Waals surface area contributed by atoms with Gasteiger partial charge in [0.25, 0.3) is 0 Å². The molecule has 0 saturated carbocycles. The molecule has 2 aromatic rings. The van der Waals surface area contributed by atoms with Gasteiger partial charge in [-0.1, -0.05) is 33.6 Å². The normalized spacial score (nSPS) is 14.4. The largest absolute Gasteiger partial charge is 0.347 e. The van der Waals surface area contributed by atoms with Crippen LogP contribution < -0.4 is 5.32 Å². The zero-order chi connectivity index (χ0) is 13.1. The maximum absolute atomic E-state index is 6.24. The van der Waals surface area contributed by atoms with Crippen LogP contribution in [0, 0.1) is 0 Å². The minimum atomic E-state index is 0.148. The molecule has 0 amide bonds. The first-order chi connectivity index (χ1) is 8.58. The average Bonchev–Trinajstić information content (AvgIpc) is 2.81. The summed E-state index contributed by atoms with van der Waals surface area (Å²) in [6.07, 6.45) is 3.58. The van der Waals surface area contributed by atoms with E-state index in [-0.39, 0.29) is 12.1 Å². The zero-order valence-corrected chi connectivity index (χ0v) is 12.6. The molecular formula is C13H15BrClN3. The number of H-pyrrole nitrogens is 1. The molecule has 2 rings (SSSR count). The fourth-order valence-electron chi connectivity index (χ4n) is 1.91. The molecule has 1 aromatic heterocycles. The number of nitrogens with zero attached hydrogens (tertiary/aromatic N) is 1. The molecule has 2 atom stereocenters. The molecular weight excluding hydrogens is 314 g/mol. The SMILES string of the molecule is CC(NC(C)c1ccc(Br)cc1Cl)c1ncc[nH]1. The van der Waals surface area contributed by atoms with Gasteiger partial charge in [-0.05, 0) is 31.5 Å². The number of aromatic amines is 1. The number of benzene rings is 1. The predicted molar refractivity (Wildman–Crippen MR) is 77.7 cm³/mol. The van der Waals surface area contributed by atoms with Crippen molar-refractivity contribution in [3.8, 4) is 0 Å². The zero-order valence-electron chi connectivity index (χ0n) is 10.2. The molecule has 3 nitrogen and oxygen atoms in total. The van der Waals surface area contributed by atoms with Gasteiger partial charge >= 0.3 is 0 Å². The third kappa shape index (κ3) is 3.13. The minimum Gasteiger partial charge on any atom is -0.347 e. The molecule has 0 aliphatic carbocycles. The van der Waals surface area contributed by atoms with Gasteiger partial charge < -0.3 is 10.3 Å². The second-order valence-electron chi connectivity index (χ2n) is 4.25. The quantitative estimate of drug-likeness (QED) is 0.881. The van der Waals surface area contributed by atoms with Gasteiger partial charge in [-0.25, -0.2) is 4.98 Å².